The third-order valence-electron chi connectivity index (χ3n) is 4.49. The fraction of sp³-hybridized carbons (Fsp3) is 1.00. The number of hydrogen-bond acceptors (Lipinski definition) is 4. The van der Waals surface area contributed by atoms with Crippen LogP contribution in [-0.4, -0.2) is 101 Å². The zero-order chi connectivity index (χ0) is 18.2. The first-order chi connectivity index (χ1) is 11.4. The van der Waals surface area contributed by atoms with Crippen LogP contribution in [0.15, 0.2) is 0 Å². The molecule has 0 N–H and O–H groups in total. The maximum atomic E-state index is 2.39. The molecule has 4 heteroatoms. The molecule has 0 atom stereocenters. The van der Waals surface area contributed by atoms with Gasteiger partial charge in [0.15, 0.2) is 0 Å². The second kappa shape index (κ2) is 23.9. The van der Waals surface area contributed by atoms with E-state index in [-0.39, 0.29) is 22.3 Å². The van der Waals surface area contributed by atoms with Crippen molar-refractivity contribution in [2.24, 2.45) is 0 Å². The summed E-state index contributed by atoms with van der Waals surface area (Å²) < 4.78 is 0. The van der Waals surface area contributed by atoms with Crippen LogP contribution in [0.4, 0.5) is 0 Å². The van der Waals surface area contributed by atoms with E-state index in [9.17, 15) is 0 Å². The Kier molecular flexibility index (Phi) is 30.4. The summed E-state index contributed by atoms with van der Waals surface area (Å²) in [6.07, 6.45) is 11.4. The molecule has 0 unspecified atom stereocenters. The number of likely N-dealkylation sites (tertiary alicyclic amines) is 3. The third-order valence-corrected chi connectivity index (χ3v) is 4.49. The lowest BCUT2D eigenvalue weighted by atomic mass is 10.1. The zero-order valence-electron chi connectivity index (χ0n) is 17.7. The van der Waals surface area contributed by atoms with Crippen molar-refractivity contribution in [1.82, 2.24) is 19.6 Å². The van der Waals surface area contributed by atoms with E-state index in [1.54, 1.807) is 0 Å². The van der Waals surface area contributed by atoms with Crippen LogP contribution in [-0.2, 0) is 0 Å². The molecule has 27 heavy (non-hydrogen) atoms. The van der Waals surface area contributed by atoms with Crippen LogP contribution in [0.2, 0.25) is 0 Å². The Morgan fingerprint density at radius 1 is 0.407 bits per heavy atom. The van der Waals surface area contributed by atoms with Crippen LogP contribution < -0.4 is 0 Å². The molecule has 4 nitrogen and oxygen atoms in total. The summed E-state index contributed by atoms with van der Waals surface area (Å²) in [7, 11) is 12.6. The Hall–Kier alpha value is -0.160. The molecule has 0 radical (unpaired) electrons. The van der Waals surface area contributed by atoms with Crippen LogP contribution in [0.5, 0.6) is 0 Å². The van der Waals surface area contributed by atoms with Crippen molar-refractivity contribution in [1.29, 1.82) is 0 Å². The van der Waals surface area contributed by atoms with Crippen molar-refractivity contribution in [2.75, 3.05) is 81.6 Å². The maximum absolute atomic E-state index is 2.39. The highest BCUT2D eigenvalue weighted by atomic mass is 15.1. The van der Waals surface area contributed by atoms with Gasteiger partial charge >= 0.3 is 0 Å². The van der Waals surface area contributed by atoms with E-state index in [1.807, 2.05) is 26.0 Å². The van der Waals surface area contributed by atoms with Crippen molar-refractivity contribution < 1.29 is 0 Å². The first-order valence-corrected chi connectivity index (χ1v) is 10.1. The van der Waals surface area contributed by atoms with E-state index in [0.29, 0.717) is 0 Å². The minimum Gasteiger partial charge on any atom is -0.312 e. The molecular formula is C23H58N4. The minimum absolute atomic E-state index is 0. The molecule has 0 saturated carbocycles. The van der Waals surface area contributed by atoms with Crippen molar-refractivity contribution in [3.05, 3.63) is 0 Å². The molecular weight excluding hydrogens is 332 g/mol. The number of nitrogens with zero attached hydrogens (tertiary/aromatic N) is 4. The molecule has 3 rings (SSSR count). The van der Waals surface area contributed by atoms with E-state index in [2.05, 4.69) is 35.8 Å². The highest BCUT2D eigenvalue weighted by Gasteiger charge is 2.03. The predicted molar refractivity (Wildman–Crippen MR) is 129 cm³/mol. The summed E-state index contributed by atoms with van der Waals surface area (Å²) in [4.78, 5) is 9.15. The Bertz CT molecular complexity index is 222. The van der Waals surface area contributed by atoms with Crippen LogP contribution in [0, 0.1) is 0 Å². The Balaban J connectivity index is -0.000000128. The van der Waals surface area contributed by atoms with Gasteiger partial charge in [0.2, 0.25) is 0 Å². The second-order valence-electron chi connectivity index (χ2n) is 8.08. The molecule has 0 aromatic rings. The lowest BCUT2D eigenvalue weighted by Gasteiger charge is -2.20. The molecule has 0 spiro atoms. The number of hydrogen-bond donors (Lipinski definition) is 0. The van der Waals surface area contributed by atoms with Gasteiger partial charge in [0.1, 0.15) is 0 Å². The number of piperidine rings is 2. The van der Waals surface area contributed by atoms with Crippen LogP contribution in [0.25, 0.3) is 0 Å². The highest BCUT2D eigenvalue weighted by molar-refractivity contribution is 4.60. The van der Waals surface area contributed by atoms with Crippen LogP contribution in [0.1, 0.15) is 73.6 Å². The van der Waals surface area contributed by atoms with Gasteiger partial charge in [0.05, 0.1) is 0 Å². The molecule has 3 fully saturated rings. The fourth-order valence-electron chi connectivity index (χ4n) is 2.98. The molecule has 0 aromatic carbocycles. The van der Waals surface area contributed by atoms with Crippen molar-refractivity contribution in [3.63, 3.8) is 0 Å². The molecule has 0 bridgehead atoms. The van der Waals surface area contributed by atoms with Crippen molar-refractivity contribution in [2.45, 2.75) is 73.6 Å². The second-order valence-corrected chi connectivity index (χ2v) is 8.08. The Labute approximate surface area is 175 Å². The topological polar surface area (TPSA) is 13.0 Å². The summed E-state index contributed by atoms with van der Waals surface area (Å²) in [5.41, 5.74) is 0. The quantitative estimate of drug-likeness (QED) is 0.577. The fourth-order valence-corrected chi connectivity index (χ4v) is 2.98. The van der Waals surface area contributed by atoms with Gasteiger partial charge in [-0.2, -0.15) is 0 Å². The standard InChI is InChI=1S/2C6H13N.C5H11N.C3H9N.3CH4/c2*1-7-5-3-2-4-6-7;1-6-4-2-3-5-6;1-4(2)3;;;/h2*2-6H2,1H3;2-5H2,1H3;1-3H3;3*1H4. The minimum atomic E-state index is 0. The van der Waals surface area contributed by atoms with Crippen molar-refractivity contribution in [3.8, 4) is 0 Å². The van der Waals surface area contributed by atoms with Gasteiger partial charge in [-0.3, -0.25) is 0 Å². The number of rotatable bonds is 0. The van der Waals surface area contributed by atoms with Gasteiger partial charge in [-0.05, 0) is 120 Å². The SMILES string of the molecule is C.C.C.CN(C)C.CN1CCCC1.CN1CCCCC1.CN1CCCCC1. The Morgan fingerprint density at radius 2 is 0.556 bits per heavy atom. The average molecular weight is 391 g/mol. The molecule has 3 heterocycles. The summed E-state index contributed by atoms with van der Waals surface area (Å²) in [5.74, 6) is 0. The molecule has 3 aliphatic rings. The average Bonchev–Trinajstić information content (AvgIpc) is 3.01. The molecule has 3 saturated heterocycles. The monoisotopic (exact) mass is 390 g/mol. The molecule has 0 amide bonds. The van der Waals surface area contributed by atoms with Gasteiger partial charge in [-0.1, -0.05) is 35.1 Å². The van der Waals surface area contributed by atoms with E-state index in [1.165, 1.54) is 90.6 Å². The van der Waals surface area contributed by atoms with Gasteiger partial charge in [-0.15, -0.1) is 0 Å². The van der Waals surface area contributed by atoms with E-state index >= 15 is 0 Å². The van der Waals surface area contributed by atoms with Gasteiger partial charge < -0.3 is 19.6 Å². The van der Waals surface area contributed by atoms with Crippen molar-refractivity contribution >= 4 is 0 Å². The molecule has 170 valence electrons. The lowest BCUT2D eigenvalue weighted by Crippen LogP contribution is -2.24. The molecule has 3 aliphatic heterocycles. The molecule has 0 aliphatic carbocycles. The van der Waals surface area contributed by atoms with Gasteiger partial charge in [0.25, 0.3) is 0 Å². The van der Waals surface area contributed by atoms with Gasteiger partial charge in [0, 0.05) is 0 Å². The maximum Gasteiger partial charge on any atom is -0.00213 e. The first kappa shape index (κ1) is 34.4. The highest BCUT2D eigenvalue weighted by Crippen LogP contribution is 2.05. The summed E-state index contributed by atoms with van der Waals surface area (Å²) in [5, 5.41) is 0. The van der Waals surface area contributed by atoms with E-state index in [4.69, 9.17) is 0 Å². The summed E-state index contributed by atoms with van der Waals surface area (Å²) in [6, 6.07) is 0. The largest absolute Gasteiger partial charge is 0.312 e. The lowest BCUT2D eigenvalue weighted by molar-refractivity contribution is 0.277. The van der Waals surface area contributed by atoms with Crippen LogP contribution in [0.3, 0.4) is 0 Å². The third kappa shape index (κ3) is 28.2. The molecule has 0 aromatic heterocycles. The predicted octanol–water partition coefficient (Wildman–Crippen LogP) is 5.00. The first-order valence-electron chi connectivity index (χ1n) is 10.1. The summed E-state index contributed by atoms with van der Waals surface area (Å²) >= 11 is 0. The smallest absolute Gasteiger partial charge is 0.00213 e. The van der Waals surface area contributed by atoms with Gasteiger partial charge in [-0.25, -0.2) is 0 Å². The normalized spacial score (nSPS) is 20.1. The zero-order valence-corrected chi connectivity index (χ0v) is 17.7. The van der Waals surface area contributed by atoms with E-state index in [0.717, 1.165) is 0 Å². The van der Waals surface area contributed by atoms with E-state index < -0.39 is 0 Å². The Morgan fingerprint density at radius 3 is 0.630 bits per heavy atom. The van der Waals surface area contributed by atoms with Crippen LogP contribution >= 0.6 is 0 Å². The summed E-state index contributed by atoms with van der Waals surface area (Å²) in [6.45, 7) is 7.92.